The van der Waals surface area contributed by atoms with E-state index in [1.807, 2.05) is 0 Å². The van der Waals surface area contributed by atoms with Crippen LogP contribution in [0.25, 0.3) is 11.1 Å². The third kappa shape index (κ3) is 2.96. The van der Waals surface area contributed by atoms with Gasteiger partial charge in [0.1, 0.15) is 11.5 Å². The van der Waals surface area contributed by atoms with Gasteiger partial charge in [0.2, 0.25) is 0 Å². The first-order chi connectivity index (χ1) is 10.6. The minimum atomic E-state index is -0.0647. The molecule has 0 unspecified atom stereocenters. The zero-order valence-corrected chi connectivity index (χ0v) is 11.6. The van der Waals surface area contributed by atoms with Crippen molar-refractivity contribution in [2.45, 2.75) is 0 Å². The number of carbonyl (C=O) groups is 1. The van der Waals surface area contributed by atoms with E-state index in [1.165, 1.54) is 12.2 Å². The van der Waals surface area contributed by atoms with Crippen LogP contribution in [0.2, 0.25) is 0 Å². The average molecular weight is 291 g/mol. The summed E-state index contributed by atoms with van der Waals surface area (Å²) in [6.07, 6.45) is 6.19. The van der Waals surface area contributed by atoms with Gasteiger partial charge in [0, 0.05) is 5.56 Å². The molecule has 0 spiro atoms. The van der Waals surface area contributed by atoms with Crippen molar-refractivity contribution in [2.75, 3.05) is 0 Å². The standard InChI is InChI=1S/C18H13NO3/c20-15-7-4-13(5-8-15)19-14-6-9-18(22)17(11-14)12-2-1-3-16(21)10-12/h1-11,21-22H. The number of hydrogen-bond acceptors (Lipinski definition) is 4. The third-order valence-electron chi connectivity index (χ3n) is 3.23. The fourth-order valence-electron chi connectivity index (χ4n) is 2.17. The van der Waals surface area contributed by atoms with Gasteiger partial charge in [-0.1, -0.05) is 12.1 Å². The first-order valence-corrected chi connectivity index (χ1v) is 6.73. The molecular weight excluding hydrogens is 278 g/mol. The molecule has 22 heavy (non-hydrogen) atoms. The Morgan fingerprint density at radius 1 is 0.864 bits per heavy atom. The number of benzene rings is 2. The molecule has 4 heteroatoms. The second kappa shape index (κ2) is 5.69. The second-order valence-electron chi connectivity index (χ2n) is 4.86. The molecule has 0 radical (unpaired) electrons. The van der Waals surface area contributed by atoms with E-state index in [4.69, 9.17) is 0 Å². The van der Waals surface area contributed by atoms with Gasteiger partial charge >= 0.3 is 0 Å². The van der Waals surface area contributed by atoms with E-state index >= 15 is 0 Å². The van der Waals surface area contributed by atoms with Crippen LogP contribution in [0.5, 0.6) is 11.5 Å². The van der Waals surface area contributed by atoms with Crippen LogP contribution in [0.4, 0.5) is 5.69 Å². The van der Waals surface area contributed by atoms with Crippen LogP contribution in [-0.2, 0) is 4.79 Å². The van der Waals surface area contributed by atoms with Gasteiger partial charge in [-0.2, -0.15) is 0 Å². The molecule has 0 atom stereocenters. The summed E-state index contributed by atoms with van der Waals surface area (Å²) in [7, 11) is 0. The van der Waals surface area contributed by atoms with E-state index < -0.39 is 0 Å². The summed E-state index contributed by atoms with van der Waals surface area (Å²) < 4.78 is 0. The monoisotopic (exact) mass is 291 g/mol. The number of carbonyl (C=O) groups excluding carboxylic acids is 1. The van der Waals surface area contributed by atoms with Crippen molar-refractivity contribution in [1.82, 2.24) is 0 Å². The third-order valence-corrected chi connectivity index (χ3v) is 3.23. The van der Waals surface area contributed by atoms with Crippen molar-refractivity contribution in [1.29, 1.82) is 0 Å². The molecule has 0 aliphatic heterocycles. The summed E-state index contributed by atoms with van der Waals surface area (Å²) in [5.74, 6) is 0.176. The van der Waals surface area contributed by atoms with Crippen LogP contribution >= 0.6 is 0 Å². The van der Waals surface area contributed by atoms with E-state index in [1.54, 1.807) is 54.6 Å². The van der Waals surface area contributed by atoms with Crippen molar-refractivity contribution in [3.05, 3.63) is 66.8 Å². The van der Waals surface area contributed by atoms with Gasteiger partial charge in [-0.25, -0.2) is 4.99 Å². The Balaban J connectivity index is 2.00. The van der Waals surface area contributed by atoms with Crippen molar-refractivity contribution >= 4 is 17.2 Å². The number of allylic oxidation sites excluding steroid dienone is 4. The molecule has 0 fully saturated rings. The van der Waals surface area contributed by atoms with E-state index in [9.17, 15) is 15.0 Å². The Kier molecular flexibility index (Phi) is 3.58. The van der Waals surface area contributed by atoms with Crippen molar-refractivity contribution in [3.63, 3.8) is 0 Å². The molecule has 3 rings (SSSR count). The molecule has 2 aromatic carbocycles. The number of aliphatic imine (C=N–C) groups is 1. The van der Waals surface area contributed by atoms with Gasteiger partial charge in [0.25, 0.3) is 0 Å². The van der Waals surface area contributed by atoms with Crippen LogP contribution in [0.3, 0.4) is 0 Å². The van der Waals surface area contributed by atoms with Gasteiger partial charge in [-0.05, 0) is 60.2 Å². The fourth-order valence-corrected chi connectivity index (χ4v) is 2.17. The molecule has 0 aromatic heterocycles. The lowest BCUT2D eigenvalue weighted by Crippen LogP contribution is -1.98. The number of ketones is 1. The first-order valence-electron chi connectivity index (χ1n) is 6.73. The summed E-state index contributed by atoms with van der Waals surface area (Å²) in [6.45, 7) is 0. The quantitative estimate of drug-likeness (QED) is 0.831. The van der Waals surface area contributed by atoms with E-state index in [0.717, 1.165) is 0 Å². The van der Waals surface area contributed by atoms with Gasteiger partial charge < -0.3 is 10.2 Å². The van der Waals surface area contributed by atoms with Crippen molar-refractivity contribution in [3.8, 4) is 22.6 Å². The minimum absolute atomic E-state index is 0.0647. The Bertz CT molecular complexity index is 814. The van der Waals surface area contributed by atoms with E-state index in [-0.39, 0.29) is 17.3 Å². The van der Waals surface area contributed by atoms with Crippen molar-refractivity contribution < 1.29 is 15.0 Å². The number of rotatable bonds is 2. The van der Waals surface area contributed by atoms with Gasteiger partial charge in [0.05, 0.1) is 11.4 Å². The average Bonchev–Trinajstić information content (AvgIpc) is 2.51. The summed E-state index contributed by atoms with van der Waals surface area (Å²) in [5.41, 5.74) is 2.59. The number of hydrogen-bond donors (Lipinski definition) is 2. The maximum Gasteiger partial charge on any atom is 0.178 e. The minimum Gasteiger partial charge on any atom is -0.508 e. The highest BCUT2D eigenvalue weighted by Gasteiger charge is 2.07. The summed E-state index contributed by atoms with van der Waals surface area (Å²) in [4.78, 5) is 15.5. The lowest BCUT2D eigenvalue weighted by Gasteiger charge is -2.07. The Hall–Kier alpha value is -3.14. The molecule has 1 aliphatic rings. The normalized spacial score (nSPS) is 13.5. The predicted molar refractivity (Wildman–Crippen MR) is 85.6 cm³/mol. The first kappa shape index (κ1) is 13.8. The SMILES string of the molecule is O=C1C=CC(=Nc2ccc(O)c(-c3cccc(O)c3)c2)C=C1. The highest BCUT2D eigenvalue weighted by molar-refractivity contribution is 6.17. The number of phenolic OH excluding ortho intramolecular Hbond substituents is 2. The van der Waals surface area contributed by atoms with Crippen LogP contribution in [0.1, 0.15) is 0 Å². The summed E-state index contributed by atoms with van der Waals surface area (Å²) in [5, 5.41) is 19.6. The number of aromatic hydroxyl groups is 2. The fraction of sp³-hybridized carbons (Fsp3) is 0. The molecule has 0 amide bonds. The van der Waals surface area contributed by atoms with E-state index in [2.05, 4.69) is 4.99 Å². The molecule has 0 saturated carbocycles. The molecule has 1 aliphatic carbocycles. The zero-order chi connectivity index (χ0) is 15.5. The second-order valence-corrected chi connectivity index (χ2v) is 4.86. The van der Waals surface area contributed by atoms with Crippen LogP contribution in [-0.4, -0.2) is 21.7 Å². The Labute approximate surface area is 127 Å². The van der Waals surface area contributed by atoms with Crippen LogP contribution < -0.4 is 0 Å². The van der Waals surface area contributed by atoms with E-state index in [0.29, 0.717) is 22.5 Å². The Morgan fingerprint density at radius 2 is 1.64 bits per heavy atom. The van der Waals surface area contributed by atoms with Gasteiger partial charge in [-0.3, -0.25) is 4.79 Å². The zero-order valence-electron chi connectivity index (χ0n) is 11.6. The predicted octanol–water partition coefficient (Wildman–Crippen LogP) is 3.53. The number of nitrogens with zero attached hydrogens (tertiary/aromatic N) is 1. The van der Waals surface area contributed by atoms with Crippen molar-refractivity contribution in [2.24, 2.45) is 4.99 Å². The topological polar surface area (TPSA) is 69.9 Å². The molecule has 0 saturated heterocycles. The largest absolute Gasteiger partial charge is 0.508 e. The Morgan fingerprint density at radius 3 is 2.36 bits per heavy atom. The lowest BCUT2D eigenvalue weighted by atomic mass is 10.0. The molecule has 0 heterocycles. The molecule has 0 bridgehead atoms. The number of phenols is 2. The summed E-state index contributed by atoms with van der Waals surface area (Å²) in [6, 6.07) is 11.6. The molecular formula is C18H13NO3. The smallest absolute Gasteiger partial charge is 0.178 e. The van der Waals surface area contributed by atoms with Gasteiger partial charge in [-0.15, -0.1) is 0 Å². The van der Waals surface area contributed by atoms with Crippen LogP contribution in [0, 0.1) is 0 Å². The lowest BCUT2D eigenvalue weighted by molar-refractivity contribution is -0.110. The molecule has 4 nitrogen and oxygen atoms in total. The molecule has 2 N–H and O–H groups in total. The highest BCUT2D eigenvalue weighted by atomic mass is 16.3. The summed E-state index contributed by atoms with van der Waals surface area (Å²) >= 11 is 0. The van der Waals surface area contributed by atoms with Gasteiger partial charge in [0.15, 0.2) is 5.78 Å². The maximum atomic E-state index is 11.1. The van der Waals surface area contributed by atoms with Crippen LogP contribution in [0.15, 0.2) is 71.8 Å². The molecule has 2 aromatic rings. The molecule has 108 valence electrons. The maximum absolute atomic E-state index is 11.1. The highest BCUT2D eigenvalue weighted by Crippen LogP contribution is 2.34.